The standard InChI is InChI=1S/C12H27NO/c1-2-3-4-5-6-7-10-13-11-8-9-12-14/h13-14H,2-12H2,1H3. The molecule has 0 fully saturated rings. The Balaban J connectivity index is 2.78. The normalized spacial score (nSPS) is 10.7. The van der Waals surface area contributed by atoms with Crippen molar-refractivity contribution in [2.75, 3.05) is 19.7 Å². The van der Waals surface area contributed by atoms with Crippen LogP contribution in [0.1, 0.15) is 58.3 Å². The molecule has 0 bridgehead atoms. The highest BCUT2D eigenvalue weighted by Crippen LogP contribution is 2.03. The Labute approximate surface area is 89.1 Å². The van der Waals surface area contributed by atoms with Crippen LogP contribution in [0.5, 0.6) is 0 Å². The number of hydrogen-bond donors (Lipinski definition) is 2. The number of aliphatic hydroxyl groups is 1. The summed E-state index contributed by atoms with van der Waals surface area (Å²) in [7, 11) is 0. The molecule has 0 radical (unpaired) electrons. The van der Waals surface area contributed by atoms with Crippen LogP contribution in [0.15, 0.2) is 0 Å². The lowest BCUT2D eigenvalue weighted by molar-refractivity contribution is 0.283. The smallest absolute Gasteiger partial charge is 0.0431 e. The van der Waals surface area contributed by atoms with Gasteiger partial charge in [-0.15, -0.1) is 0 Å². The van der Waals surface area contributed by atoms with Crippen molar-refractivity contribution in [2.45, 2.75) is 58.3 Å². The molecule has 0 atom stereocenters. The molecular formula is C12H27NO. The largest absolute Gasteiger partial charge is 0.396 e. The predicted octanol–water partition coefficient (Wildman–Crippen LogP) is 2.71. The molecule has 0 aromatic rings. The molecule has 2 heteroatoms. The van der Waals surface area contributed by atoms with Crippen molar-refractivity contribution in [3.8, 4) is 0 Å². The van der Waals surface area contributed by atoms with Gasteiger partial charge in [-0.2, -0.15) is 0 Å². The van der Waals surface area contributed by atoms with Gasteiger partial charge < -0.3 is 10.4 Å². The molecule has 0 saturated heterocycles. The summed E-state index contributed by atoms with van der Waals surface area (Å²) in [6.07, 6.45) is 10.2. The Morgan fingerprint density at radius 2 is 1.36 bits per heavy atom. The first-order valence-corrected chi connectivity index (χ1v) is 6.23. The second-order valence-corrected chi connectivity index (χ2v) is 3.95. The lowest BCUT2D eigenvalue weighted by Crippen LogP contribution is -2.16. The monoisotopic (exact) mass is 201 g/mol. The first-order valence-electron chi connectivity index (χ1n) is 6.23. The van der Waals surface area contributed by atoms with Gasteiger partial charge in [0.05, 0.1) is 0 Å². The molecule has 0 aromatic heterocycles. The molecule has 0 aliphatic carbocycles. The van der Waals surface area contributed by atoms with Crippen LogP contribution in [0.25, 0.3) is 0 Å². The van der Waals surface area contributed by atoms with Crippen molar-refractivity contribution in [3.63, 3.8) is 0 Å². The summed E-state index contributed by atoms with van der Waals surface area (Å²) in [5.74, 6) is 0. The summed E-state index contributed by atoms with van der Waals surface area (Å²) in [4.78, 5) is 0. The second kappa shape index (κ2) is 12.9. The first-order chi connectivity index (χ1) is 6.91. The highest BCUT2D eigenvalue weighted by molar-refractivity contribution is 4.50. The molecule has 0 unspecified atom stereocenters. The zero-order chi connectivity index (χ0) is 10.5. The van der Waals surface area contributed by atoms with Gasteiger partial charge in [0.1, 0.15) is 0 Å². The van der Waals surface area contributed by atoms with E-state index in [0.717, 1.165) is 25.9 Å². The maximum absolute atomic E-state index is 8.56. The molecule has 0 saturated carbocycles. The second-order valence-electron chi connectivity index (χ2n) is 3.95. The molecule has 0 heterocycles. The molecule has 2 N–H and O–H groups in total. The molecule has 86 valence electrons. The summed E-state index contributed by atoms with van der Waals surface area (Å²) >= 11 is 0. The minimum atomic E-state index is 0.332. The van der Waals surface area contributed by atoms with Crippen LogP contribution >= 0.6 is 0 Å². The van der Waals surface area contributed by atoms with Crippen molar-refractivity contribution < 1.29 is 5.11 Å². The maximum atomic E-state index is 8.56. The van der Waals surface area contributed by atoms with Crippen molar-refractivity contribution in [2.24, 2.45) is 0 Å². The number of nitrogens with one attached hydrogen (secondary N) is 1. The van der Waals surface area contributed by atoms with Gasteiger partial charge in [0, 0.05) is 6.61 Å². The van der Waals surface area contributed by atoms with Gasteiger partial charge in [0.15, 0.2) is 0 Å². The molecule has 2 nitrogen and oxygen atoms in total. The van der Waals surface area contributed by atoms with E-state index in [9.17, 15) is 0 Å². The molecule has 0 aromatic carbocycles. The van der Waals surface area contributed by atoms with Crippen LogP contribution in [0.2, 0.25) is 0 Å². The topological polar surface area (TPSA) is 32.3 Å². The van der Waals surface area contributed by atoms with Crippen LogP contribution in [0.3, 0.4) is 0 Å². The van der Waals surface area contributed by atoms with E-state index in [4.69, 9.17) is 5.11 Å². The lowest BCUT2D eigenvalue weighted by Gasteiger charge is -2.03. The van der Waals surface area contributed by atoms with E-state index >= 15 is 0 Å². The number of rotatable bonds is 11. The van der Waals surface area contributed by atoms with Crippen molar-refractivity contribution >= 4 is 0 Å². The summed E-state index contributed by atoms with van der Waals surface area (Å²) in [5.41, 5.74) is 0. The Kier molecular flexibility index (Phi) is 12.8. The Hall–Kier alpha value is -0.0800. The Bertz CT molecular complexity index is 84.3. The van der Waals surface area contributed by atoms with Gasteiger partial charge in [-0.1, -0.05) is 39.0 Å². The van der Waals surface area contributed by atoms with E-state index in [2.05, 4.69) is 12.2 Å². The Morgan fingerprint density at radius 3 is 2.00 bits per heavy atom. The zero-order valence-electron chi connectivity index (χ0n) is 9.73. The minimum Gasteiger partial charge on any atom is -0.396 e. The highest BCUT2D eigenvalue weighted by Gasteiger charge is 1.90. The van der Waals surface area contributed by atoms with Crippen LogP contribution < -0.4 is 5.32 Å². The molecule has 14 heavy (non-hydrogen) atoms. The average molecular weight is 201 g/mol. The summed E-state index contributed by atoms with van der Waals surface area (Å²) in [6, 6.07) is 0. The fourth-order valence-corrected chi connectivity index (χ4v) is 1.52. The molecular weight excluding hydrogens is 174 g/mol. The van der Waals surface area contributed by atoms with Crippen molar-refractivity contribution in [1.82, 2.24) is 5.32 Å². The highest BCUT2D eigenvalue weighted by atomic mass is 16.2. The molecule has 0 aliphatic rings. The quantitative estimate of drug-likeness (QED) is 0.504. The summed E-state index contributed by atoms with van der Waals surface area (Å²) < 4.78 is 0. The minimum absolute atomic E-state index is 0.332. The number of aliphatic hydroxyl groups excluding tert-OH is 1. The van der Waals surface area contributed by atoms with Gasteiger partial charge in [0.25, 0.3) is 0 Å². The SMILES string of the molecule is CCCCCCCCNCCCCO. The fourth-order valence-electron chi connectivity index (χ4n) is 1.52. The van der Waals surface area contributed by atoms with E-state index in [1.165, 1.54) is 38.5 Å². The molecule has 0 amide bonds. The van der Waals surface area contributed by atoms with Crippen LogP contribution in [0.4, 0.5) is 0 Å². The van der Waals surface area contributed by atoms with E-state index in [1.807, 2.05) is 0 Å². The van der Waals surface area contributed by atoms with E-state index in [-0.39, 0.29) is 0 Å². The van der Waals surface area contributed by atoms with Crippen LogP contribution in [-0.2, 0) is 0 Å². The summed E-state index contributed by atoms with van der Waals surface area (Å²) in [5, 5.41) is 12.0. The van der Waals surface area contributed by atoms with Gasteiger partial charge in [0.2, 0.25) is 0 Å². The third kappa shape index (κ3) is 11.9. The molecule has 0 spiro atoms. The fraction of sp³-hybridized carbons (Fsp3) is 1.00. The van der Waals surface area contributed by atoms with Crippen LogP contribution in [0, 0.1) is 0 Å². The van der Waals surface area contributed by atoms with Crippen molar-refractivity contribution in [1.29, 1.82) is 0 Å². The van der Waals surface area contributed by atoms with E-state index in [0.29, 0.717) is 6.61 Å². The summed E-state index contributed by atoms with van der Waals surface area (Å²) in [6.45, 7) is 4.80. The molecule has 0 aliphatic heterocycles. The zero-order valence-corrected chi connectivity index (χ0v) is 9.73. The number of unbranched alkanes of at least 4 members (excludes halogenated alkanes) is 6. The van der Waals surface area contributed by atoms with Gasteiger partial charge in [-0.3, -0.25) is 0 Å². The van der Waals surface area contributed by atoms with Gasteiger partial charge in [-0.05, 0) is 32.4 Å². The van der Waals surface area contributed by atoms with Gasteiger partial charge >= 0.3 is 0 Å². The number of hydrogen-bond acceptors (Lipinski definition) is 2. The molecule has 0 rings (SSSR count). The average Bonchev–Trinajstić information content (AvgIpc) is 2.21. The first kappa shape index (κ1) is 13.9. The maximum Gasteiger partial charge on any atom is 0.0431 e. The third-order valence-corrected chi connectivity index (χ3v) is 2.47. The van der Waals surface area contributed by atoms with E-state index < -0.39 is 0 Å². The predicted molar refractivity (Wildman–Crippen MR) is 62.6 cm³/mol. The van der Waals surface area contributed by atoms with E-state index in [1.54, 1.807) is 0 Å². The Morgan fingerprint density at radius 1 is 0.786 bits per heavy atom. The van der Waals surface area contributed by atoms with Gasteiger partial charge in [-0.25, -0.2) is 0 Å². The van der Waals surface area contributed by atoms with Crippen molar-refractivity contribution in [3.05, 3.63) is 0 Å². The third-order valence-electron chi connectivity index (χ3n) is 2.47. The lowest BCUT2D eigenvalue weighted by atomic mass is 10.1. The van der Waals surface area contributed by atoms with Crippen LogP contribution in [-0.4, -0.2) is 24.8 Å².